The van der Waals surface area contributed by atoms with Crippen molar-refractivity contribution in [3.05, 3.63) is 90.0 Å². The monoisotopic (exact) mass is 549 g/mol. The Bertz CT molecular complexity index is 1400. The van der Waals surface area contributed by atoms with E-state index in [9.17, 15) is 18.0 Å². The Morgan fingerprint density at radius 1 is 0.923 bits per heavy atom. The van der Waals surface area contributed by atoms with E-state index in [1.165, 1.54) is 4.31 Å². The number of esters is 1. The van der Waals surface area contributed by atoms with Gasteiger partial charge in [-0.2, -0.15) is 4.31 Å². The maximum absolute atomic E-state index is 14.6. The topological polar surface area (TPSA) is 80.8 Å². The predicted molar refractivity (Wildman–Crippen MR) is 152 cm³/mol. The summed E-state index contributed by atoms with van der Waals surface area (Å²) in [6.07, 6.45) is 7.74. The van der Waals surface area contributed by atoms with E-state index in [1.807, 2.05) is 82.3 Å². The molecule has 0 radical (unpaired) electrons. The number of sulfonamides is 1. The van der Waals surface area contributed by atoms with Gasteiger partial charge in [0.2, 0.25) is 10.0 Å². The summed E-state index contributed by atoms with van der Waals surface area (Å²) in [5.41, 5.74) is -1.43. The molecule has 0 N–H and O–H groups in total. The summed E-state index contributed by atoms with van der Waals surface area (Å²) in [5, 5.41) is 0. The molecule has 4 atom stereocenters. The van der Waals surface area contributed by atoms with E-state index in [2.05, 4.69) is 0 Å². The Balaban J connectivity index is 2.10. The first-order valence-electron chi connectivity index (χ1n) is 13.4. The molecule has 2 aromatic rings. The van der Waals surface area contributed by atoms with Crippen LogP contribution in [0.1, 0.15) is 65.1 Å². The minimum atomic E-state index is -4.27. The molecule has 1 fully saturated rings. The van der Waals surface area contributed by atoms with E-state index >= 15 is 0 Å². The number of allylic oxidation sites excluding steroid dienone is 3. The SMILES string of the molecule is Cc1ccc(S(=O)(=O)N2[C@H](C(=O)OC(C)(C)C)[C@H]3CC=CC=C[C@@]3(C(=O)C(C)(C)C)[C@@H]2c2ccccc2)cc1. The summed E-state index contributed by atoms with van der Waals surface area (Å²) >= 11 is 0. The van der Waals surface area contributed by atoms with Gasteiger partial charge in [-0.05, 0) is 51.8 Å². The van der Waals surface area contributed by atoms with E-state index in [4.69, 9.17) is 4.74 Å². The first-order valence-corrected chi connectivity index (χ1v) is 14.8. The number of hydrogen-bond donors (Lipinski definition) is 0. The van der Waals surface area contributed by atoms with Crippen molar-refractivity contribution in [1.29, 1.82) is 0 Å². The zero-order chi connectivity index (χ0) is 28.8. The van der Waals surface area contributed by atoms with Crippen LogP contribution in [-0.4, -0.2) is 36.1 Å². The normalized spacial score (nSPS) is 25.7. The zero-order valence-corrected chi connectivity index (χ0v) is 24.7. The van der Waals surface area contributed by atoms with Crippen LogP contribution < -0.4 is 0 Å². The molecule has 0 aromatic heterocycles. The van der Waals surface area contributed by atoms with Gasteiger partial charge in [-0.1, -0.05) is 93.1 Å². The van der Waals surface area contributed by atoms with Crippen molar-refractivity contribution in [2.24, 2.45) is 16.7 Å². The van der Waals surface area contributed by atoms with Crippen LogP contribution >= 0.6 is 0 Å². The van der Waals surface area contributed by atoms with Crippen molar-refractivity contribution < 1.29 is 22.7 Å². The first-order chi connectivity index (χ1) is 18.1. The number of ketones is 1. The molecule has 1 saturated heterocycles. The minimum Gasteiger partial charge on any atom is -0.459 e. The average Bonchev–Trinajstić information content (AvgIpc) is 2.97. The summed E-state index contributed by atoms with van der Waals surface area (Å²) in [5.74, 6) is -1.46. The van der Waals surface area contributed by atoms with Gasteiger partial charge in [0.1, 0.15) is 17.4 Å². The zero-order valence-electron chi connectivity index (χ0n) is 23.8. The molecule has 6 nitrogen and oxygen atoms in total. The summed E-state index contributed by atoms with van der Waals surface area (Å²) in [4.78, 5) is 28.8. The maximum Gasteiger partial charge on any atom is 0.325 e. The molecule has 0 unspecified atom stereocenters. The Labute approximate surface area is 232 Å². The van der Waals surface area contributed by atoms with Gasteiger partial charge in [-0.25, -0.2) is 8.42 Å². The number of carbonyl (C=O) groups excluding carboxylic acids is 2. The Hall–Kier alpha value is -3.03. The molecule has 39 heavy (non-hydrogen) atoms. The molecular weight excluding hydrogens is 510 g/mol. The second-order valence-corrected chi connectivity index (χ2v) is 14.4. The molecule has 208 valence electrons. The fraction of sp³-hybridized carbons (Fsp3) is 0.438. The highest BCUT2D eigenvalue weighted by atomic mass is 32.2. The molecule has 2 aromatic carbocycles. The first kappa shape index (κ1) is 29.0. The van der Waals surface area contributed by atoms with Gasteiger partial charge in [0.25, 0.3) is 0 Å². The van der Waals surface area contributed by atoms with E-state index in [0.29, 0.717) is 12.0 Å². The van der Waals surface area contributed by atoms with Crippen LogP contribution in [0.2, 0.25) is 0 Å². The number of benzene rings is 2. The summed E-state index contributed by atoms with van der Waals surface area (Å²) < 4.78 is 36.4. The van der Waals surface area contributed by atoms with Crippen molar-refractivity contribution in [2.45, 2.75) is 77.5 Å². The molecule has 2 aliphatic rings. The van der Waals surface area contributed by atoms with Crippen LogP contribution in [0.15, 0.2) is 83.8 Å². The lowest BCUT2D eigenvalue weighted by Crippen LogP contribution is -2.47. The molecule has 1 aliphatic heterocycles. The number of aryl methyl sites for hydroxylation is 1. The Kier molecular flexibility index (Phi) is 7.56. The number of rotatable bonds is 5. The smallest absolute Gasteiger partial charge is 0.325 e. The Morgan fingerprint density at radius 3 is 2.10 bits per heavy atom. The third-order valence-electron chi connectivity index (χ3n) is 7.42. The van der Waals surface area contributed by atoms with E-state index in [0.717, 1.165) is 5.56 Å². The van der Waals surface area contributed by atoms with Crippen LogP contribution in [0, 0.1) is 23.7 Å². The second-order valence-electron chi connectivity index (χ2n) is 12.6. The third-order valence-corrected chi connectivity index (χ3v) is 9.28. The van der Waals surface area contributed by atoms with Crippen LogP contribution in [0.25, 0.3) is 0 Å². The van der Waals surface area contributed by atoms with Gasteiger partial charge in [-0.3, -0.25) is 9.59 Å². The fourth-order valence-corrected chi connectivity index (χ4v) is 7.73. The lowest BCUT2D eigenvalue weighted by Gasteiger charge is -2.40. The molecule has 1 heterocycles. The number of fused-ring (bicyclic) bond motifs is 1. The molecule has 0 saturated carbocycles. The Morgan fingerprint density at radius 2 is 1.54 bits per heavy atom. The highest BCUT2D eigenvalue weighted by molar-refractivity contribution is 7.89. The average molecular weight is 550 g/mol. The highest BCUT2D eigenvalue weighted by Crippen LogP contribution is 2.61. The fourth-order valence-electron chi connectivity index (χ4n) is 5.90. The van der Waals surface area contributed by atoms with E-state index in [-0.39, 0.29) is 10.7 Å². The van der Waals surface area contributed by atoms with Crippen LogP contribution in [0.3, 0.4) is 0 Å². The van der Waals surface area contributed by atoms with Crippen LogP contribution in [0.4, 0.5) is 0 Å². The quantitative estimate of drug-likeness (QED) is 0.416. The summed E-state index contributed by atoms with van der Waals surface area (Å²) in [7, 11) is -4.27. The van der Waals surface area contributed by atoms with Crippen molar-refractivity contribution in [3.63, 3.8) is 0 Å². The third kappa shape index (κ3) is 5.27. The molecule has 0 bridgehead atoms. The number of nitrogens with zero attached hydrogens (tertiary/aromatic N) is 1. The minimum absolute atomic E-state index is 0.0666. The summed E-state index contributed by atoms with van der Waals surface area (Å²) in [6, 6.07) is 13.6. The maximum atomic E-state index is 14.6. The van der Waals surface area contributed by atoms with Gasteiger partial charge < -0.3 is 4.74 Å². The highest BCUT2D eigenvalue weighted by Gasteiger charge is 2.68. The van der Waals surface area contributed by atoms with Crippen molar-refractivity contribution in [1.82, 2.24) is 4.31 Å². The van der Waals surface area contributed by atoms with Gasteiger partial charge >= 0.3 is 5.97 Å². The van der Waals surface area contributed by atoms with Gasteiger partial charge in [0.15, 0.2) is 0 Å². The van der Waals surface area contributed by atoms with Gasteiger partial charge in [0.05, 0.1) is 16.4 Å². The molecule has 1 aliphatic carbocycles. The number of Topliss-reactive ketones (excluding diaryl/α,β-unsaturated/α-hetero) is 1. The number of ether oxygens (including phenoxy) is 1. The molecule has 7 heteroatoms. The molecule has 0 amide bonds. The summed E-state index contributed by atoms with van der Waals surface area (Å²) in [6.45, 7) is 12.7. The van der Waals surface area contributed by atoms with Gasteiger partial charge in [0, 0.05) is 11.3 Å². The van der Waals surface area contributed by atoms with E-state index in [1.54, 1.807) is 45.0 Å². The largest absolute Gasteiger partial charge is 0.459 e. The molecular formula is C32H39NO5S. The lowest BCUT2D eigenvalue weighted by atomic mass is 9.60. The second kappa shape index (κ2) is 10.2. The lowest BCUT2D eigenvalue weighted by molar-refractivity contribution is -0.160. The molecule has 4 rings (SSSR count). The van der Waals surface area contributed by atoms with Gasteiger partial charge in [-0.15, -0.1) is 0 Å². The van der Waals surface area contributed by atoms with E-state index < -0.39 is 50.4 Å². The van der Waals surface area contributed by atoms with Crippen molar-refractivity contribution in [3.8, 4) is 0 Å². The predicted octanol–water partition coefficient (Wildman–Crippen LogP) is 6.18. The van der Waals surface area contributed by atoms with Crippen LogP contribution in [0.5, 0.6) is 0 Å². The standard InChI is InChI=1S/C32H39NO5S/c1-22-17-19-24(20-18-22)39(36,37)33-26(28(34)38-31(5,6)7)25-16-12-9-13-21-32(25,29(35)30(2,3)4)27(33)23-14-10-8-11-15-23/h8-15,17-21,25-27H,16H2,1-7H3/t25-,26+,27+,32+/m1/s1. The number of hydrogen-bond acceptors (Lipinski definition) is 5. The van der Waals surface area contributed by atoms with Crippen LogP contribution in [-0.2, 0) is 24.3 Å². The molecule has 0 spiro atoms. The van der Waals surface area contributed by atoms with Crippen molar-refractivity contribution >= 4 is 21.8 Å². The van der Waals surface area contributed by atoms with Crippen molar-refractivity contribution in [2.75, 3.05) is 0 Å². The number of carbonyl (C=O) groups is 2.